The Labute approximate surface area is 116 Å². The summed E-state index contributed by atoms with van der Waals surface area (Å²) in [6.07, 6.45) is 1.05. The van der Waals surface area contributed by atoms with Crippen molar-refractivity contribution in [3.05, 3.63) is 33.3 Å². The minimum atomic E-state index is -0.573. The molecule has 1 amide bonds. The second-order valence-electron chi connectivity index (χ2n) is 4.35. The summed E-state index contributed by atoms with van der Waals surface area (Å²) in [7, 11) is 0. The standard InChI is InChI=1S/C12H16ClN3O3/c1-8(7-14)2-5-12(17)15-9-3-4-11(16(18)19)10(13)6-9/h3-4,6,8H,2,5,7,14H2,1H3,(H,15,17). The van der Waals surface area contributed by atoms with E-state index in [1.165, 1.54) is 18.2 Å². The molecule has 0 aliphatic carbocycles. The number of nitrogens with one attached hydrogen (secondary N) is 1. The van der Waals surface area contributed by atoms with Crippen LogP contribution in [0.25, 0.3) is 0 Å². The lowest BCUT2D eigenvalue weighted by atomic mass is 10.1. The topological polar surface area (TPSA) is 98.3 Å². The van der Waals surface area contributed by atoms with Gasteiger partial charge >= 0.3 is 0 Å². The third-order valence-corrected chi connectivity index (χ3v) is 3.00. The van der Waals surface area contributed by atoms with Gasteiger partial charge in [-0.15, -0.1) is 0 Å². The summed E-state index contributed by atoms with van der Waals surface area (Å²) in [5, 5.41) is 13.2. The molecule has 6 nitrogen and oxygen atoms in total. The number of nitro groups is 1. The van der Waals surface area contributed by atoms with Crippen LogP contribution in [0, 0.1) is 16.0 Å². The molecule has 0 aromatic heterocycles. The van der Waals surface area contributed by atoms with Gasteiger partial charge in [0.25, 0.3) is 5.69 Å². The number of rotatable bonds is 6. The summed E-state index contributed by atoms with van der Waals surface area (Å²) in [6, 6.07) is 4.08. The Kier molecular flexibility index (Phi) is 5.72. The summed E-state index contributed by atoms with van der Waals surface area (Å²) >= 11 is 5.75. The van der Waals surface area contributed by atoms with E-state index < -0.39 is 4.92 Å². The summed E-state index contributed by atoms with van der Waals surface area (Å²) in [6.45, 7) is 2.51. The fraction of sp³-hybridized carbons (Fsp3) is 0.417. The second-order valence-corrected chi connectivity index (χ2v) is 4.76. The van der Waals surface area contributed by atoms with Crippen LogP contribution in [0.2, 0.25) is 5.02 Å². The second kappa shape index (κ2) is 7.06. The lowest BCUT2D eigenvalue weighted by molar-refractivity contribution is -0.384. The molecule has 0 fully saturated rings. The van der Waals surface area contributed by atoms with Crippen molar-refractivity contribution < 1.29 is 9.72 Å². The first-order chi connectivity index (χ1) is 8.93. The number of amides is 1. The molecule has 0 spiro atoms. The highest BCUT2D eigenvalue weighted by Crippen LogP contribution is 2.27. The maximum atomic E-state index is 11.6. The van der Waals surface area contributed by atoms with Crippen molar-refractivity contribution in [2.75, 3.05) is 11.9 Å². The third-order valence-electron chi connectivity index (χ3n) is 2.69. The first kappa shape index (κ1) is 15.4. The molecule has 7 heteroatoms. The van der Waals surface area contributed by atoms with E-state index in [0.717, 1.165) is 0 Å². The highest BCUT2D eigenvalue weighted by Gasteiger charge is 2.13. The van der Waals surface area contributed by atoms with Gasteiger partial charge in [-0.2, -0.15) is 0 Å². The van der Waals surface area contributed by atoms with Gasteiger partial charge < -0.3 is 11.1 Å². The average Bonchev–Trinajstić information content (AvgIpc) is 2.35. The largest absolute Gasteiger partial charge is 0.330 e. The van der Waals surface area contributed by atoms with E-state index in [1.54, 1.807) is 0 Å². The molecule has 0 heterocycles. The highest BCUT2D eigenvalue weighted by molar-refractivity contribution is 6.33. The van der Waals surface area contributed by atoms with Gasteiger partial charge in [0.05, 0.1) is 4.92 Å². The predicted octanol–water partition coefficient (Wildman–Crippen LogP) is 2.56. The van der Waals surface area contributed by atoms with Gasteiger partial charge in [0.2, 0.25) is 5.91 Å². The van der Waals surface area contributed by atoms with E-state index in [9.17, 15) is 14.9 Å². The van der Waals surface area contributed by atoms with Crippen LogP contribution in [0.5, 0.6) is 0 Å². The molecular weight excluding hydrogens is 270 g/mol. The monoisotopic (exact) mass is 285 g/mol. The number of nitro benzene ring substituents is 1. The van der Waals surface area contributed by atoms with E-state index in [4.69, 9.17) is 17.3 Å². The van der Waals surface area contributed by atoms with E-state index in [1.807, 2.05) is 6.92 Å². The van der Waals surface area contributed by atoms with Crippen LogP contribution in [-0.4, -0.2) is 17.4 Å². The van der Waals surface area contributed by atoms with Crippen LogP contribution in [0.4, 0.5) is 11.4 Å². The average molecular weight is 286 g/mol. The molecule has 0 aliphatic heterocycles. The van der Waals surface area contributed by atoms with E-state index in [-0.39, 0.29) is 22.5 Å². The Hall–Kier alpha value is -1.66. The Bertz CT molecular complexity index is 479. The number of anilines is 1. The smallest absolute Gasteiger partial charge is 0.288 e. The Morgan fingerprint density at radius 3 is 2.79 bits per heavy atom. The number of nitrogens with two attached hydrogens (primary N) is 1. The van der Waals surface area contributed by atoms with Crippen molar-refractivity contribution in [3.63, 3.8) is 0 Å². The van der Waals surface area contributed by atoms with E-state index >= 15 is 0 Å². The quantitative estimate of drug-likeness (QED) is 0.620. The SMILES string of the molecule is CC(CN)CCC(=O)Nc1ccc([N+](=O)[O-])c(Cl)c1. The van der Waals surface area contributed by atoms with Crippen LogP contribution < -0.4 is 11.1 Å². The van der Waals surface area contributed by atoms with E-state index in [2.05, 4.69) is 5.32 Å². The van der Waals surface area contributed by atoms with Crippen LogP contribution in [0.3, 0.4) is 0 Å². The van der Waals surface area contributed by atoms with Crippen LogP contribution in [-0.2, 0) is 4.79 Å². The fourth-order valence-electron chi connectivity index (χ4n) is 1.45. The molecule has 0 bridgehead atoms. The number of hydrogen-bond donors (Lipinski definition) is 2. The maximum absolute atomic E-state index is 11.6. The summed E-state index contributed by atoms with van der Waals surface area (Å²) in [5.41, 5.74) is 5.72. The van der Waals surface area contributed by atoms with Gasteiger partial charge in [-0.3, -0.25) is 14.9 Å². The summed E-state index contributed by atoms with van der Waals surface area (Å²) < 4.78 is 0. The van der Waals surface area contributed by atoms with Gasteiger partial charge in [0.15, 0.2) is 0 Å². The summed E-state index contributed by atoms with van der Waals surface area (Å²) in [5.74, 6) is 0.122. The first-order valence-electron chi connectivity index (χ1n) is 5.88. The summed E-state index contributed by atoms with van der Waals surface area (Å²) in [4.78, 5) is 21.6. The molecule has 0 saturated heterocycles. The third kappa shape index (κ3) is 4.84. The molecule has 19 heavy (non-hydrogen) atoms. The normalized spacial score (nSPS) is 11.9. The molecule has 1 aromatic carbocycles. The number of halogens is 1. The number of hydrogen-bond acceptors (Lipinski definition) is 4. The molecule has 0 radical (unpaired) electrons. The maximum Gasteiger partial charge on any atom is 0.288 e. The Balaban J connectivity index is 2.60. The molecule has 0 aliphatic rings. The zero-order valence-corrected chi connectivity index (χ0v) is 11.3. The van der Waals surface area contributed by atoms with Gasteiger partial charge in [0, 0.05) is 18.2 Å². The van der Waals surface area contributed by atoms with Crippen molar-refractivity contribution in [2.24, 2.45) is 11.7 Å². The van der Waals surface area contributed by atoms with Crippen molar-refractivity contribution in [2.45, 2.75) is 19.8 Å². The van der Waals surface area contributed by atoms with Gasteiger partial charge in [-0.1, -0.05) is 18.5 Å². The van der Waals surface area contributed by atoms with Crippen LogP contribution in [0.15, 0.2) is 18.2 Å². The molecule has 3 N–H and O–H groups in total. The van der Waals surface area contributed by atoms with Crippen LogP contribution >= 0.6 is 11.6 Å². The number of carbonyl (C=O) groups excluding carboxylic acids is 1. The van der Waals surface area contributed by atoms with Crippen molar-refractivity contribution in [3.8, 4) is 0 Å². The molecule has 1 rings (SSSR count). The van der Waals surface area contributed by atoms with Crippen molar-refractivity contribution in [1.82, 2.24) is 0 Å². The van der Waals surface area contributed by atoms with Crippen molar-refractivity contribution in [1.29, 1.82) is 0 Å². The molecule has 0 saturated carbocycles. The lowest BCUT2D eigenvalue weighted by Gasteiger charge is -2.09. The molecule has 104 valence electrons. The molecule has 1 aromatic rings. The first-order valence-corrected chi connectivity index (χ1v) is 6.25. The predicted molar refractivity (Wildman–Crippen MR) is 74.2 cm³/mol. The minimum absolute atomic E-state index is 0.00173. The number of benzene rings is 1. The van der Waals surface area contributed by atoms with E-state index in [0.29, 0.717) is 25.1 Å². The zero-order chi connectivity index (χ0) is 14.4. The van der Waals surface area contributed by atoms with Crippen molar-refractivity contribution >= 4 is 28.9 Å². The Morgan fingerprint density at radius 2 is 2.26 bits per heavy atom. The van der Waals surface area contributed by atoms with Gasteiger partial charge in [-0.25, -0.2) is 0 Å². The Morgan fingerprint density at radius 1 is 1.58 bits per heavy atom. The van der Waals surface area contributed by atoms with Gasteiger partial charge in [-0.05, 0) is 31.0 Å². The minimum Gasteiger partial charge on any atom is -0.330 e. The highest BCUT2D eigenvalue weighted by atomic mass is 35.5. The number of carbonyl (C=O) groups is 1. The van der Waals surface area contributed by atoms with Crippen LogP contribution in [0.1, 0.15) is 19.8 Å². The van der Waals surface area contributed by atoms with Gasteiger partial charge in [0.1, 0.15) is 5.02 Å². The fourth-order valence-corrected chi connectivity index (χ4v) is 1.70. The molecular formula is C12H16ClN3O3. The zero-order valence-electron chi connectivity index (χ0n) is 10.6. The molecule has 1 unspecified atom stereocenters. The lowest BCUT2D eigenvalue weighted by Crippen LogP contribution is -2.16. The number of nitrogens with zero attached hydrogens (tertiary/aromatic N) is 1. The molecule has 1 atom stereocenters.